The molecule has 0 amide bonds. The minimum atomic E-state index is 0.579. The molecule has 0 aliphatic carbocycles. The van der Waals surface area contributed by atoms with Crippen LogP contribution in [0.5, 0.6) is 0 Å². The fourth-order valence-corrected chi connectivity index (χ4v) is 1.85. The molecule has 5 heteroatoms. The molecule has 1 atom stereocenters. The number of nitrogen functional groups attached to an aromatic ring is 1. The Morgan fingerprint density at radius 3 is 3.13 bits per heavy atom. The van der Waals surface area contributed by atoms with Crippen molar-refractivity contribution in [2.45, 2.75) is 19.8 Å². The lowest BCUT2D eigenvalue weighted by Crippen LogP contribution is -2.24. The van der Waals surface area contributed by atoms with Crippen molar-refractivity contribution in [2.24, 2.45) is 5.92 Å². The molecule has 1 aromatic heterocycles. The van der Waals surface area contributed by atoms with Crippen molar-refractivity contribution in [2.75, 3.05) is 30.8 Å². The predicted molar refractivity (Wildman–Crippen MR) is 59.8 cm³/mol. The fraction of sp³-hybridized carbons (Fsp3) is 0.700. The second kappa shape index (κ2) is 4.53. The molecular weight excluding hydrogens is 192 g/mol. The van der Waals surface area contributed by atoms with Crippen LogP contribution in [0.3, 0.4) is 0 Å². The van der Waals surface area contributed by atoms with Crippen molar-refractivity contribution < 1.29 is 4.74 Å². The molecule has 4 N–H and O–H groups in total. The first-order valence-electron chi connectivity index (χ1n) is 5.39. The molecular formula is C10H18N4O. The molecule has 1 saturated heterocycles. The Labute approximate surface area is 89.4 Å². The van der Waals surface area contributed by atoms with Crippen LogP contribution in [0, 0.1) is 12.8 Å². The number of nitrogens with one attached hydrogen (secondary N) is 2. The van der Waals surface area contributed by atoms with Crippen molar-refractivity contribution in [1.82, 2.24) is 9.97 Å². The minimum Gasteiger partial charge on any atom is -0.382 e. The number of H-pyrrole nitrogens is 1. The maximum atomic E-state index is 5.75. The summed E-state index contributed by atoms with van der Waals surface area (Å²) >= 11 is 0. The van der Waals surface area contributed by atoms with Gasteiger partial charge in [0.1, 0.15) is 11.6 Å². The number of anilines is 2. The van der Waals surface area contributed by atoms with E-state index in [1.54, 1.807) is 0 Å². The number of aromatic nitrogens is 2. The largest absolute Gasteiger partial charge is 0.382 e. The number of aromatic amines is 1. The standard InChI is InChI=1S/C10H18N4O/c1-7-13-9(11)10(14-7)12-5-8-3-2-4-15-6-8/h8,12H,2-6,11H2,1H3,(H,13,14). The first kappa shape index (κ1) is 10.3. The third kappa shape index (κ3) is 2.62. The van der Waals surface area contributed by atoms with Crippen molar-refractivity contribution in [3.63, 3.8) is 0 Å². The Bertz CT molecular complexity index is 317. The molecule has 1 aromatic rings. The van der Waals surface area contributed by atoms with Crippen LogP contribution in [0.4, 0.5) is 11.6 Å². The zero-order valence-corrected chi connectivity index (χ0v) is 9.05. The summed E-state index contributed by atoms with van der Waals surface area (Å²) in [5, 5.41) is 3.26. The van der Waals surface area contributed by atoms with E-state index in [0.29, 0.717) is 11.7 Å². The average Bonchev–Trinajstić information content (AvgIpc) is 2.56. The van der Waals surface area contributed by atoms with Gasteiger partial charge in [-0.1, -0.05) is 0 Å². The molecule has 1 unspecified atom stereocenters. The summed E-state index contributed by atoms with van der Waals surface area (Å²) in [4.78, 5) is 7.23. The second-order valence-electron chi connectivity index (χ2n) is 4.05. The van der Waals surface area contributed by atoms with Gasteiger partial charge in [-0.15, -0.1) is 0 Å². The van der Waals surface area contributed by atoms with E-state index < -0.39 is 0 Å². The molecule has 0 aromatic carbocycles. The van der Waals surface area contributed by atoms with Crippen LogP contribution in [0.2, 0.25) is 0 Å². The van der Waals surface area contributed by atoms with Gasteiger partial charge in [0, 0.05) is 13.2 Å². The van der Waals surface area contributed by atoms with Crippen molar-refractivity contribution in [3.05, 3.63) is 5.82 Å². The highest BCUT2D eigenvalue weighted by Crippen LogP contribution is 2.17. The summed E-state index contributed by atoms with van der Waals surface area (Å²) < 4.78 is 5.41. The van der Waals surface area contributed by atoms with Crippen LogP contribution in [0.25, 0.3) is 0 Å². The number of hydrogen-bond acceptors (Lipinski definition) is 4. The van der Waals surface area contributed by atoms with E-state index in [0.717, 1.165) is 37.8 Å². The third-order valence-corrected chi connectivity index (χ3v) is 2.66. The van der Waals surface area contributed by atoms with Gasteiger partial charge in [-0.05, 0) is 25.7 Å². The van der Waals surface area contributed by atoms with Gasteiger partial charge >= 0.3 is 0 Å². The highest BCUT2D eigenvalue weighted by molar-refractivity contribution is 5.56. The first-order chi connectivity index (χ1) is 7.25. The highest BCUT2D eigenvalue weighted by atomic mass is 16.5. The Kier molecular flexibility index (Phi) is 3.11. The topological polar surface area (TPSA) is 76.0 Å². The number of rotatable bonds is 3. The summed E-state index contributed by atoms with van der Waals surface area (Å²) in [7, 11) is 0. The molecule has 1 aliphatic rings. The van der Waals surface area contributed by atoms with Crippen molar-refractivity contribution >= 4 is 11.6 Å². The Hall–Kier alpha value is -1.23. The van der Waals surface area contributed by atoms with Crippen LogP contribution >= 0.6 is 0 Å². The molecule has 1 fully saturated rings. The molecule has 15 heavy (non-hydrogen) atoms. The number of nitrogens with zero attached hydrogens (tertiary/aromatic N) is 1. The summed E-state index contributed by atoms with van der Waals surface area (Å²) in [6, 6.07) is 0. The van der Waals surface area contributed by atoms with E-state index >= 15 is 0 Å². The zero-order valence-electron chi connectivity index (χ0n) is 9.05. The van der Waals surface area contributed by atoms with E-state index in [2.05, 4.69) is 15.3 Å². The van der Waals surface area contributed by atoms with Gasteiger partial charge in [-0.2, -0.15) is 0 Å². The highest BCUT2D eigenvalue weighted by Gasteiger charge is 2.14. The van der Waals surface area contributed by atoms with Gasteiger partial charge in [0.05, 0.1) is 6.61 Å². The molecule has 5 nitrogen and oxygen atoms in total. The minimum absolute atomic E-state index is 0.579. The van der Waals surface area contributed by atoms with Crippen LogP contribution in [0.15, 0.2) is 0 Å². The van der Waals surface area contributed by atoms with Gasteiger partial charge in [0.15, 0.2) is 5.82 Å². The SMILES string of the molecule is Cc1nc(NCC2CCCOC2)c(N)[nH]1. The van der Waals surface area contributed by atoms with Gasteiger partial charge in [-0.25, -0.2) is 4.98 Å². The molecule has 0 spiro atoms. The van der Waals surface area contributed by atoms with E-state index in [1.165, 1.54) is 6.42 Å². The summed E-state index contributed by atoms with van der Waals surface area (Å²) in [5.74, 6) is 2.80. The van der Waals surface area contributed by atoms with Gasteiger partial charge < -0.3 is 20.8 Å². The summed E-state index contributed by atoms with van der Waals surface area (Å²) in [6.45, 7) is 4.52. The van der Waals surface area contributed by atoms with Gasteiger partial charge in [0.2, 0.25) is 0 Å². The molecule has 1 aliphatic heterocycles. The monoisotopic (exact) mass is 210 g/mol. The maximum Gasteiger partial charge on any atom is 0.168 e. The second-order valence-corrected chi connectivity index (χ2v) is 4.05. The molecule has 84 valence electrons. The number of hydrogen-bond donors (Lipinski definition) is 3. The van der Waals surface area contributed by atoms with E-state index in [9.17, 15) is 0 Å². The van der Waals surface area contributed by atoms with E-state index in [4.69, 9.17) is 10.5 Å². The van der Waals surface area contributed by atoms with Crippen molar-refractivity contribution in [3.8, 4) is 0 Å². The van der Waals surface area contributed by atoms with Crippen molar-refractivity contribution in [1.29, 1.82) is 0 Å². The number of aryl methyl sites for hydroxylation is 1. The average molecular weight is 210 g/mol. The predicted octanol–water partition coefficient (Wildman–Crippen LogP) is 1.14. The van der Waals surface area contributed by atoms with Crippen LogP contribution < -0.4 is 11.1 Å². The van der Waals surface area contributed by atoms with Gasteiger partial charge in [-0.3, -0.25) is 0 Å². The lowest BCUT2D eigenvalue weighted by Gasteiger charge is -2.22. The van der Waals surface area contributed by atoms with E-state index in [1.807, 2.05) is 6.92 Å². The lowest BCUT2D eigenvalue weighted by atomic mass is 10.0. The maximum absolute atomic E-state index is 5.75. The molecule has 2 heterocycles. The molecule has 0 bridgehead atoms. The summed E-state index contributed by atoms with van der Waals surface area (Å²) in [6.07, 6.45) is 2.37. The molecule has 0 saturated carbocycles. The third-order valence-electron chi connectivity index (χ3n) is 2.66. The normalized spacial score (nSPS) is 21.5. The number of imidazole rings is 1. The van der Waals surface area contributed by atoms with Crippen LogP contribution in [0.1, 0.15) is 18.7 Å². The molecule has 0 radical (unpaired) electrons. The smallest absolute Gasteiger partial charge is 0.168 e. The lowest BCUT2D eigenvalue weighted by molar-refractivity contribution is 0.0595. The zero-order chi connectivity index (χ0) is 10.7. The Morgan fingerprint density at radius 2 is 2.53 bits per heavy atom. The summed E-state index contributed by atoms with van der Waals surface area (Å²) in [5.41, 5.74) is 5.75. The Morgan fingerprint density at radius 1 is 1.67 bits per heavy atom. The molecule has 2 rings (SSSR count). The van der Waals surface area contributed by atoms with Gasteiger partial charge in [0.25, 0.3) is 0 Å². The number of ether oxygens (including phenoxy) is 1. The Balaban J connectivity index is 1.84. The quantitative estimate of drug-likeness (QED) is 0.699. The number of nitrogens with two attached hydrogens (primary N) is 1. The fourth-order valence-electron chi connectivity index (χ4n) is 1.85. The van der Waals surface area contributed by atoms with E-state index in [-0.39, 0.29) is 0 Å². The first-order valence-corrected chi connectivity index (χ1v) is 5.39. The van der Waals surface area contributed by atoms with Crippen LogP contribution in [-0.4, -0.2) is 29.7 Å². The van der Waals surface area contributed by atoms with Crippen LogP contribution in [-0.2, 0) is 4.74 Å².